The Bertz CT molecular complexity index is 631. The van der Waals surface area contributed by atoms with Gasteiger partial charge in [0.25, 0.3) is 0 Å². The van der Waals surface area contributed by atoms with Gasteiger partial charge >= 0.3 is 0 Å². The fraction of sp³-hybridized carbons (Fsp3) is 0.647. The van der Waals surface area contributed by atoms with Gasteiger partial charge in [-0.2, -0.15) is 10.4 Å². The molecule has 1 fully saturated rings. The van der Waals surface area contributed by atoms with Crippen molar-refractivity contribution < 1.29 is 4.79 Å². The molecular weight excluding hydrogens is 304 g/mol. The van der Waals surface area contributed by atoms with Crippen LogP contribution in [0.1, 0.15) is 37.1 Å². The number of piperazine rings is 1. The fourth-order valence-electron chi connectivity index (χ4n) is 2.69. The summed E-state index contributed by atoms with van der Waals surface area (Å²) in [6.45, 7) is 11.3. The maximum atomic E-state index is 12.0. The van der Waals surface area contributed by atoms with Crippen molar-refractivity contribution in [3.05, 3.63) is 16.8 Å². The van der Waals surface area contributed by atoms with Crippen LogP contribution < -0.4 is 10.2 Å². The Kier molecular flexibility index (Phi) is 6.10. The van der Waals surface area contributed by atoms with E-state index in [0.717, 1.165) is 43.9 Å². The first-order valence-corrected chi connectivity index (χ1v) is 8.46. The van der Waals surface area contributed by atoms with E-state index in [2.05, 4.69) is 38.3 Å². The van der Waals surface area contributed by atoms with Crippen molar-refractivity contribution in [2.75, 3.05) is 37.6 Å². The maximum absolute atomic E-state index is 12.0. The summed E-state index contributed by atoms with van der Waals surface area (Å²) in [6.07, 6.45) is 0.932. The smallest absolute Gasteiger partial charge is 0.234 e. The van der Waals surface area contributed by atoms with Crippen molar-refractivity contribution in [2.45, 2.75) is 40.2 Å². The molecule has 0 unspecified atom stereocenters. The highest BCUT2D eigenvalue weighted by Gasteiger charge is 2.23. The summed E-state index contributed by atoms with van der Waals surface area (Å²) in [5.74, 6) is 0.728. The molecule has 1 aliphatic rings. The van der Waals surface area contributed by atoms with Crippen molar-refractivity contribution in [3.63, 3.8) is 0 Å². The lowest BCUT2D eigenvalue weighted by Crippen LogP contribution is -2.50. The third-order valence-corrected chi connectivity index (χ3v) is 4.61. The molecule has 0 aromatic carbocycles. The number of hydrogen-bond acceptors (Lipinski definition) is 6. The number of anilines is 1. The Morgan fingerprint density at radius 2 is 1.96 bits per heavy atom. The van der Waals surface area contributed by atoms with Gasteiger partial charge in [0, 0.05) is 32.2 Å². The quantitative estimate of drug-likeness (QED) is 0.867. The molecule has 0 bridgehead atoms. The van der Waals surface area contributed by atoms with Crippen molar-refractivity contribution in [2.24, 2.45) is 0 Å². The number of aryl methyl sites for hydroxylation is 1. The van der Waals surface area contributed by atoms with Crippen molar-refractivity contribution in [1.82, 2.24) is 20.4 Å². The van der Waals surface area contributed by atoms with Crippen molar-refractivity contribution >= 4 is 11.7 Å². The Morgan fingerprint density at radius 3 is 2.54 bits per heavy atom. The van der Waals surface area contributed by atoms with E-state index in [1.807, 2.05) is 20.8 Å². The van der Waals surface area contributed by atoms with Gasteiger partial charge in [0.05, 0.1) is 12.2 Å². The SMILES string of the molecule is CC[C@@H](C)NC(=O)CN1CCN(c2nnc(C)c(C)c2C#N)CC1. The van der Waals surface area contributed by atoms with Crippen LogP contribution in [0.3, 0.4) is 0 Å². The van der Waals surface area contributed by atoms with E-state index in [4.69, 9.17) is 0 Å². The summed E-state index contributed by atoms with van der Waals surface area (Å²) in [4.78, 5) is 16.2. The molecule has 130 valence electrons. The van der Waals surface area contributed by atoms with E-state index in [1.54, 1.807) is 0 Å². The number of carbonyl (C=O) groups is 1. The lowest BCUT2D eigenvalue weighted by Gasteiger charge is -2.35. The Hall–Kier alpha value is -2.20. The highest BCUT2D eigenvalue weighted by Crippen LogP contribution is 2.22. The third-order valence-electron chi connectivity index (χ3n) is 4.61. The predicted molar refractivity (Wildman–Crippen MR) is 92.8 cm³/mol. The van der Waals surface area contributed by atoms with Crippen molar-refractivity contribution in [3.8, 4) is 6.07 Å². The van der Waals surface area contributed by atoms with E-state index >= 15 is 0 Å². The number of carbonyl (C=O) groups excluding carboxylic acids is 1. The Balaban J connectivity index is 1.95. The summed E-state index contributed by atoms with van der Waals surface area (Å²) in [7, 11) is 0. The third kappa shape index (κ3) is 4.20. The first-order chi connectivity index (χ1) is 11.5. The number of nitrogens with one attached hydrogen (secondary N) is 1. The van der Waals surface area contributed by atoms with Crippen LogP contribution in [0.2, 0.25) is 0 Å². The topological polar surface area (TPSA) is 85.2 Å². The molecule has 1 N–H and O–H groups in total. The van der Waals surface area contributed by atoms with Gasteiger partial charge in [-0.05, 0) is 32.8 Å². The summed E-state index contributed by atoms with van der Waals surface area (Å²) < 4.78 is 0. The standard InChI is InChI=1S/C17H26N6O/c1-5-12(2)19-16(24)11-22-6-8-23(9-7-22)17-15(10-18)13(3)14(4)20-21-17/h12H,5-9,11H2,1-4H3,(H,19,24)/t12-/m1/s1. The number of nitrogens with zero attached hydrogens (tertiary/aromatic N) is 5. The van der Waals surface area contributed by atoms with Gasteiger partial charge in [-0.3, -0.25) is 9.69 Å². The highest BCUT2D eigenvalue weighted by atomic mass is 16.2. The second-order valence-corrected chi connectivity index (χ2v) is 6.36. The average Bonchev–Trinajstić information content (AvgIpc) is 2.57. The number of nitriles is 1. The molecular formula is C17H26N6O. The molecule has 1 aliphatic heterocycles. The molecule has 0 radical (unpaired) electrons. The monoisotopic (exact) mass is 330 g/mol. The number of amides is 1. The Labute approximate surface area is 143 Å². The average molecular weight is 330 g/mol. The number of hydrogen-bond donors (Lipinski definition) is 1. The van der Waals surface area contributed by atoms with Gasteiger partial charge in [-0.25, -0.2) is 0 Å². The molecule has 1 saturated heterocycles. The minimum absolute atomic E-state index is 0.0708. The molecule has 24 heavy (non-hydrogen) atoms. The zero-order valence-corrected chi connectivity index (χ0v) is 15.0. The molecule has 1 amide bonds. The maximum Gasteiger partial charge on any atom is 0.234 e. The molecule has 0 spiro atoms. The summed E-state index contributed by atoms with van der Waals surface area (Å²) in [5, 5.41) is 20.8. The molecule has 0 saturated carbocycles. The van der Waals surface area contributed by atoms with Crippen LogP contribution in [0.4, 0.5) is 5.82 Å². The number of aromatic nitrogens is 2. The Morgan fingerprint density at radius 1 is 1.29 bits per heavy atom. The van der Waals surface area contributed by atoms with Gasteiger partial charge in [-0.1, -0.05) is 6.92 Å². The predicted octanol–water partition coefficient (Wildman–Crippen LogP) is 1.00. The van der Waals surface area contributed by atoms with E-state index in [9.17, 15) is 10.1 Å². The molecule has 1 aromatic rings. The zero-order chi connectivity index (χ0) is 17.7. The zero-order valence-electron chi connectivity index (χ0n) is 15.0. The first-order valence-electron chi connectivity index (χ1n) is 8.46. The minimum Gasteiger partial charge on any atom is -0.353 e. The fourth-order valence-corrected chi connectivity index (χ4v) is 2.69. The lowest BCUT2D eigenvalue weighted by molar-refractivity contribution is -0.122. The van der Waals surface area contributed by atoms with Gasteiger partial charge in [0.1, 0.15) is 11.6 Å². The van der Waals surface area contributed by atoms with Gasteiger partial charge in [0.2, 0.25) is 5.91 Å². The molecule has 7 heteroatoms. The first kappa shape index (κ1) is 18.1. The summed E-state index contributed by atoms with van der Waals surface area (Å²) in [5.41, 5.74) is 2.28. The van der Waals surface area contributed by atoms with E-state index in [1.165, 1.54) is 0 Å². The molecule has 2 rings (SSSR count). The molecule has 1 aromatic heterocycles. The van der Waals surface area contributed by atoms with Gasteiger partial charge < -0.3 is 10.2 Å². The van der Waals surface area contributed by atoms with E-state index in [0.29, 0.717) is 17.9 Å². The van der Waals surface area contributed by atoms with E-state index in [-0.39, 0.29) is 11.9 Å². The molecule has 0 aliphatic carbocycles. The normalized spacial score (nSPS) is 16.5. The van der Waals surface area contributed by atoms with Crippen LogP contribution in [0.25, 0.3) is 0 Å². The molecule has 1 atom stereocenters. The van der Waals surface area contributed by atoms with Crippen molar-refractivity contribution in [1.29, 1.82) is 5.26 Å². The van der Waals surface area contributed by atoms with Crippen LogP contribution in [0.15, 0.2) is 0 Å². The van der Waals surface area contributed by atoms with E-state index < -0.39 is 0 Å². The van der Waals surface area contributed by atoms with Crippen LogP contribution in [0, 0.1) is 25.2 Å². The molecule has 7 nitrogen and oxygen atoms in total. The minimum atomic E-state index is 0.0708. The van der Waals surface area contributed by atoms with Crippen LogP contribution >= 0.6 is 0 Å². The van der Waals surface area contributed by atoms with Crippen LogP contribution in [-0.2, 0) is 4.79 Å². The lowest BCUT2D eigenvalue weighted by atomic mass is 10.1. The largest absolute Gasteiger partial charge is 0.353 e. The summed E-state index contributed by atoms with van der Waals surface area (Å²) in [6, 6.07) is 2.46. The number of rotatable bonds is 5. The second kappa shape index (κ2) is 8.06. The molecule has 2 heterocycles. The summed E-state index contributed by atoms with van der Waals surface area (Å²) >= 11 is 0. The van der Waals surface area contributed by atoms with Gasteiger partial charge in [-0.15, -0.1) is 5.10 Å². The second-order valence-electron chi connectivity index (χ2n) is 6.36. The highest BCUT2D eigenvalue weighted by molar-refractivity contribution is 5.78. The van der Waals surface area contributed by atoms with Gasteiger partial charge in [0.15, 0.2) is 5.82 Å². The van der Waals surface area contributed by atoms with Crippen LogP contribution in [-0.4, -0.2) is 59.8 Å². The van der Waals surface area contributed by atoms with Crippen LogP contribution in [0.5, 0.6) is 0 Å².